The van der Waals surface area contributed by atoms with Gasteiger partial charge in [0.15, 0.2) is 5.16 Å². The number of rotatable bonds is 6. The highest BCUT2D eigenvalue weighted by atomic mass is 32.2. The molecule has 2 aromatic heterocycles. The molecular weight excluding hydrogens is 368 g/mol. The van der Waals surface area contributed by atoms with Crippen molar-refractivity contribution in [1.29, 1.82) is 0 Å². The van der Waals surface area contributed by atoms with E-state index >= 15 is 0 Å². The van der Waals surface area contributed by atoms with E-state index in [1.165, 1.54) is 4.40 Å². The van der Waals surface area contributed by atoms with Gasteiger partial charge in [0.1, 0.15) is 5.65 Å². The fraction of sp³-hybridized carbons (Fsp3) is 0.167. The molecule has 0 bridgehead atoms. The Kier molecular flexibility index (Phi) is 5.82. The second kappa shape index (κ2) is 8.45. The molecule has 0 fully saturated rings. The highest BCUT2D eigenvalue weighted by Gasteiger charge is 2.10. The van der Waals surface area contributed by atoms with E-state index in [2.05, 4.69) is 15.3 Å². The number of ether oxygens (including phenoxy) is 1. The standard InChI is InChI=1S/C18H16N4O4S/c1-2-26-16(24)12-6-8-13(9-7-12)19-15(23)11-27-17-20-14-5-3-4-10-22(14)18(25)21-17/h3-10H,2,11H2,1H3,(H,19,23). The van der Waals surface area contributed by atoms with Gasteiger partial charge < -0.3 is 10.1 Å². The highest BCUT2D eigenvalue weighted by Crippen LogP contribution is 2.14. The van der Waals surface area contributed by atoms with E-state index in [0.29, 0.717) is 23.5 Å². The number of carbonyl (C=O) groups excluding carboxylic acids is 2. The lowest BCUT2D eigenvalue weighted by atomic mass is 10.2. The van der Waals surface area contributed by atoms with Crippen molar-refractivity contribution in [3.8, 4) is 0 Å². The first-order valence-corrected chi connectivity index (χ1v) is 9.10. The molecule has 0 saturated carbocycles. The number of hydrogen-bond donors (Lipinski definition) is 1. The topological polar surface area (TPSA) is 103 Å². The first kappa shape index (κ1) is 18.6. The second-order valence-corrected chi connectivity index (χ2v) is 6.29. The molecular formula is C18H16N4O4S. The zero-order chi connectivity index (χ0) is 19.2. The number of aromatic nitrogens is 3. The number of benzene rings is 1. The number of esters is 1. The molecule has 27 heavy (non-hydrogen) atoms. The number of nitrogens with one attached hydrogen (secondary N) is 1. The Morgan fingerprint density at radius 1 is 1.15 bits per heavy atom. The number of pyridine rings is 1. The highest BCUT2D eigenvalue weighted by molar-refractivity contribution is 7.99. The fourth-order valence-electron chi connectivity index (χ4n) is 2.24. The SMILES string of the molecule is CCOC(=O)c1ccc(NC(=O)CSc2nc(=O)n3ccccc3n2)cc1. The van der Waals surface area contributed by atoms with Crippen molar-refractivity contribution in [2.45, 2.75) is 12.1 Å². The third-order valence-electron chi connectivity index (χ3n) is 3.46. The largest absolute Gasteiger partial charge is 0.462 e. The zero-order valence-electron chi connectivity index (χ0n) is 14.4. The summed E-state index contributed by atoms with van der Waals surface area (Å²) in [4.78, 5) is 43.7. The summed E-state index contributed by atoms with van der Waals surface area (Å²) in [6.45, 7) is 2.03. The molecule has 138 valence electrons. The van der Waals surface area contributed by atoms with Crippen molar-refractivity contribution in [1.82, 2.24) is 14.4 Å². The Bertz CT molecular complexity index is 1030. The number of carbonyl (C=O) groups is 2. The van der Waals surface area contributed by atoms with Crippen LogP contribution in [0.5, 0.6) is 0 Å². The molecule has 3 rings (SSSR count). The lowest BCUT2D eigenvalue weighted by Gasteiger charge is -2.06. The summed E-state index contributed by atoms with van der Waals surface area (Å²) in [6, 6.07) is 11.6. The maximum atomic E-state index is 12.1. The van der Waals surface area contributed by atoms with Crippen molar-refractivity contribution >= 4 is 35.0 Å². The molecule has 8 nitrogen and oxygen atoms in total. The third-order valence-corrected chi connectivity index (χ3v) is 4.31. The molecule has 0 spiro atoms. The Labute approximate surface area is 158 Å². The molecule has 1 N–H and O–H groups in total. The lowest BCUT2D eigenvalue weighted by Crippen LogP contribution is -2.20. The molecule has 3 aromatic rings. The van der Waals surface area contributed by atoms with Crippen LogP contribution in [0.4, 0.5) is 5.69 Å². The molecule has 0 aliphatic carbocycles. The van der Waals surface area contributed by atoms with E-state index in [-0.39, 0.29) is 16.8 Å². The monoisotopic (exact) mass is 384 g/mol. The molecule has 2 heterocycles. The molecule has 1 amide bonds. The van der Waals surface area contributed by atoms with Crippen LogP contribution in [0.1, 0.15) is 17.3 Å². The van der Waals surface area contributed by atoms with Crippen molar-refractivity contribution in [3.63, 3.8) is 0 Å². The third kappa shape index (κ3) is 4.70. The quantitative estimate of drug-likeness (QED) is 0.512. The average Bonchev–Trinajstić information content (AvgIpc) is 2.67. The van der Waals surface area contributed by atoms with Crippen LogP contribution in [0.2, 0.25) is 0 Å². The molecule has 0 radical (unpaired) electrons. The van der Waals surface area contributed by atoms with E-state index in [0.717, 1.165) is 11.8 Å². The van der Waals surface area contributed by atoms with E-state index in [1.54, 1.807) is 55.6 Å². The van der Waals surface area contributed by atoms with Crippen LogP contribution in [0, 0.1) is 0 Å². The minimum absolute atomic E-state index is 0.0437. The van der Waals surface area contributed by atoms with Crippen LogP contribution >= 0.6 is 11.8 Å². The number of fused-ring (bicyclic) bond motifs is 1. The van der Waals surface area contributed by atoms with Crippen LogP contribution in [0.3, 0.4) is 0 Å². The first-order valence-electron chi connectivity index (χ1n) is 8.12. The molecule has 0 saturated heterocycles. The lowest BCUT2D eigenvalue weighted by molar-refractivity contribution is -0.113. The summed E-state index contributed by atoms with van der Waals surface area (Å²) in [5.74, 6) is -0.645. The van der Waals surface area contributed by atoms with Crippen molar-refractivity contribution in [2.24, 2.45) is 0 Å². The van der Waals surface area contributed by atoms with Gasteiger partial charge in [0.2, 0.25) is 5.91 Å². The average molecular weight is 384 g/mol. The van der Waals surface area contributed by atoms with Gasteiger partial charge in [-0.1, -0.05) is 17.8 Å². The van der Waals surface area contributed by atoms with Crippen molar-refractivity contribution in [2.75, 3.05) is 17.7 Å². The summed E-state index contributed by atoms with van der Waals surface area (Å²) >= 11 is 1.07. The van der Waals surface area contributed by atoms with Crippen LogP contribution in [-0.2, 0) is 9.53 Å². The predicted molar refractivity (Wildman–Crippen MR) is 101 cm³/mol. The van der Waals surface area contributed by atoms with Gasteiger partial charge >= 0.3 is 11.7 Å². The minimum Gasteiger partial charge on any atom is -0.462 e. The maximum absolute atomic E-state index is 12.1. The number of thioether (sulfide) groups is 1. The van der Waals surface area contributed by atoms with Crippen LogP contribution in [-0.4, -0.2) is 38.6 Å². The number of anilines is 1. The van der Waals surface area contributed by atoms with Gasteiger partial charge in [-0.3, -0.25) is 9.20 Å². The summed E-state index contributed by atoms with van der Waals surface area (Å²) in [6.07, 6.45) is 1.58. The van der Waals surface area contributed by atoms with Crippen LogP contribution < -0.4 is 11.0 Å². The Hall–Kier alpha value is -3.20. The fourth-order valence-corrected chi connectivity index (χ4v) is 2.87. The van der Waals surface area contributed by atoms with Crippen molar-refractivity contribution in [3.05, 3.63) is 64.7 Å². The summed E-state index contributed by atoms with van der Waals surface area (Å²) in [5.41, 5.74) is 0.982. The number of amides is 1. The Morgan fingerprint density at radius 2 is 1.93 bits per heavy atom. The maximum Gasteiger partial charge on any atom is 0.355 e. The zero-order valence-corrected chi connectivity index (χ0v) is 15.2. The van der Waals surface area contributed by atoms with Gasteiger partial charge in [-0.25, -0.2) is 14.6 Å². The van der Waals surface area contributed by atoms with Crippen LogP contribution in [0.15, 0.2) is 58.6 Å². The van der Waals surface area contributed by atoms with E-state index < -0.39 is 11.7 Å². The Balaban J connectivity index is 1.60. The van der Waals surface area contributed by atoms with E-state index in [1.807, 2.05) is 0 Å². The van der Waals surface area contributed by atoms with Crippen LogP contribution in [0.25, 0.3) is 5.65 Å². The van der Waals surface area contributed by atoms with Gasteiger partial charge in [-0.15, -0.1) is 0 Å². The van der Waals surface area contributed by atoms with Crippen molar-refractivity contribution < 1.29 is 14.3 Å². The predicted octanol–water partition coefficient (Wildman–Crippen LogP) is 2.00. The molecule has 9 heteroatoms. The second-order valence-electron chi connectivity index (χ2n) is 5.35. The van der Waals surface area contributed by atoms with Gasteiger partial charge in [0, 0.05) is 11.9 Å². The Morgan fingerprint density at radius 3 is 2.67 bits per heavy atom. The van der Waals surface area contributed by atoms with Gasteiger partial charge in [-0.2, -0.15) is 4.98 Å². The summed E-state index contributed by atoms with van der Waals surface area (Å²) < 4.78 is 6.23. The van der Waals surface area contributed by atoms with E-state index in [4.69, 9.17) is 4.74 Å². The van der Waals surface area contributed by atoms with E-state index in [9.17, 15) is 14.4 Å². The minimum atomic E-state index is -0.446. The summed E-state index contributed by atoms with van der Waals surface area (Å²) in [5, 5.41) is 2.95. The number of hydrogen-bond acceptors (Lipinski definition) is 7. The molecule has 1 aromatic carbocycles. The first-order chi connectivity index (χ1) is 13.1. The van der Waals surface area contributed by atoms with Gasteiger partial charge in [0.25, 0.3) is 0 Å². The van der Waals surface area contributed by atoms with Gasteiger partial charge in [0.05, 0.1) is 17.9 Å². The molecule has 0 aliphatic heterocycles. The molecule has 0 unspecified atom stereocenters. The molecule has 0 atom stereocenters. The molecule has 0 aliphatic rings. The smallest absolute Gasteiger partial charge is 0.355 e. The normalized spacial score (nSPS) is 10.6. The van der Waals surface area contributed by atoms with Gasteiger partial charge in [-0.05, 0) is 43.3 Å². The summed E-state index contributed by atoms with van der Waals surface area (Å²) in [7, 11) is 0. The number of nitrogens with zero attached hydrogens (tertiary/aromatic N) is 3.